The van der Waals surface area contributed by atoms with Gasteiger partial charge >= 0.3 is 5.97 Å². The predicted octanol–water partition coefficient (Wildman–Crippen LogP) is 1.14. The van der Waals surface area contributed by atoms with Crippen LogP contribution in [0.1, 0.15) is 18.4 Å². The lowest BCUT2D eigenvalue weighted by Gasteiger charge is -2.27. The molecule has 4 nitrogen and oxygen atoms in total. The SMILES string of the molecule is COC(=O)C1(c2ccccc2O)CCCN1. The van der Waals surface area contributed by atoms with E-state index < -0.39 is 5.54 Å². The number of methoxy groups -OCH3 is 1. The number of aromatic hydroxyl groups is 1. The normalized spacial score (nSPS) is 24.3. The summed E-state index contributed by atoms with van der Waals surface area (Å²) in [5, 5.41) is 13.0. The van der Waals surface area contributed by atoms with Crippen LogP contribution in [-0.4, -0.2) is 24.7 Å². The Morgan fingerprint density at radius 2 is 2.25 bits per heavy atom. The van der Waals surface area contributed by atoms with Crippen LogP contribution in [0, 0.1) is 0 Å². The number of esters is 1. The molecule has 1 unspecified atom stereocenters. The van der Waals surface area contributed by atoms with Crippen molar-refractivity contribution in [3.63, 3.8) is 0 Å². The summed E-state index contributed by atoms with van der Waals surface area (Å²) in [6.45, 7) is 0.753. The van der Waals surface area contributed by atoms with Gasteiger partial charge in [-0.05, 0) is 25.5 Å². The molecule has 2 N–H and O–H groups in total. The Labute approximate surface area is 94.2 Å². The van der Waals surface area contributed by atoms with Crippen LogP contribution in [0.2, 0.25) is 0 Å². The number of nitrogens with one attached hydrogen (secondary N) is 1. The molecule has 1 fully saturated rings. The van der Waals surface area contributed by atoms with Gasteiger partial charge in [0.05, 0.1) is 7.11 Å². The zero-order valence-electron chi connectivity index (χ0n) is 9.19. The van der Waals surface area contributed by atoms with E-state index in [1.807, 2.05) is 0 Å². The van der Waals surface area contributed by atoms with Gasteiger partial charge in [-0.3, -0.25) is 5.32 Å². The third-order valence-corrected chi connectivity index (χ3v) is 3.05. The summed E-state index contributed by atoms with van der Waals surface area (Å²) in [5.41, 5.74) is -0.278. The molecule has 1 atom stereocenters. The minimum atomic E-state index is -0.875. The summed E-state index contributed by atoms with van der Waals surface area (Å²) in [7, 11) is 1.37. The molecule has 0 saturated carbocycles. The topological polar surface area (TPSA) is 58.6 Å². The molecule has 1 aliphatic heterocycles. The van der Waals surface area contributed by atoms with Crippen molar-refractivity contribution in [2.45, 2.75) is 18.4 Å². The smallest absolute Gasteiger partial charge is 0.330 e. The van der Waals surface area contributed by atoms with Crippen molar-refractivity contribution in [3.05, 3.63) is 29.8 Å². The zero-order valence-corrected chi connectivity index (χ0v) is 9.19. The minimum absolute atomic E-state index is 0.127. The summed E-state index contributed by atoms with van der Waals surface area (Å²) >= 11 is 0. The summed E-state index contributed by atoms with van der Waals surface area (Å²) in [4.78, 5) is 11.9. The molecule has 1 aromatic carbocycles. The molecule has 1 aliphatic rings. The molecular weight excluding hydrogens is 206 g/mol. The third-order valence-electron chi connectivity index (χ3n) is 3.05. The molecule has 0 aromatic heterocycles. The maximum atomic E-state index is 11.9. The van der Waals surface area contributed by atoms with Gasteiger partial charge in [0, 0.05) is 5.56 Å². The zero-order chi connectivity index (χ0) is 11.6. The van der Waals surface area contributed by atoms with Gasteiger partial charge in [-0.15, -0.1) is 0 Å². The van der Waals surface area contributed by atoms with Crippen molar-refractivity contribution >= 4 is 5.97 Å². The number of carbonyl (C=O) groups excluding carboxylic acids is 1. The largest absolute Gasteiger partial charge is 0.508 e. The standard InChI is InChI=1S/C12H15NO3/c1-16-11(15)12(7-4-8-13-12)9-5-2-3-6-10(9)14/h2-3,5-6,13-14H,4,7-8H2,1H3. The molecule has 1 aromatic rings. The lowest BCUT2D eigenvalue weighted by atomic mass is 9.87. The van der Waals surface area contributed by atoms with Crippen molar-refractivity contribution in [1.29, 1.82) is 0 Å². The van der Waals surface area contributed by atoms with E-state index in [1.54, 1.807) is 24.3 Å². The maximum absolute atomic E-state index is 11.9. The van der Waals surface area contributed by atoms with E-state index in [1.165, 1.54) is 7.11 Å². The highest BCUT2D eigenvalue weighted by Crippen LogP contribution is 2.36. The monoisotopic (exact) mass is 221 g/mol. The summed E-state index contributed by atoms with van der Waals surface area (Å²) in [5.74, 6) is -0.214. The summed E-state index contributed by atoms with van der Waals surface area (Å²) in [6.07, 6.45) is 1.54. The van der Waals surface area contributed by atoms with Crippen LogP contribution in [0.15, 0.2) is 24.3 Å². The van der Waals surface area contributed by atoms with Crippen LogP contribution in [0.3, 0.4) is 0 Å². The van der Waals surface area contributed by atoms with Gasteiger partial charge in [-0.2, -0.15) is 0 Å². The van der Waals surface area contributed by atoms with Crippen molar-refractivity contribution in [2.75, 3.05) is 13.7 Å². The van der Waals surface area contributed by atoms with Crippen molar-refractivity contribution in [2.24, 2.45) is 0 Å². The van der Waals surface area contributed by atoms with E-state index >= 15 is 0 Å². The number of phenolic OH excluding ortho intramolecular Hbond substituents is 1. The fourth-order valence-electron chi connectivity index (χ4n) is 2.27. The Kier molecular flexibility index (Phi) is 2.83. The number of rotatable bonds is 2. The first-order chi connectivity index (χ1) is 7.70. The van der Waals surface area contributed by atoms with Gasteiger partial charge in [-0.25, -0.2) is 4.79 Å². The van der Waals surface area contributed by atoms with Crippen molar-refractivity contribution in [1.82, 2.24) is 5.32 Å². The van der Waals surface area contributed by atoms with E-state index in [2.05, 4.69) is 5.32 Å². The molecule has 0 aliphatic carbocycles. The Hall–Kier alpha value is -1.55. The van der Waals surface area contributed by atoms with Gasteiger partial charge in [0.25, 0.3) is 0 Å². The molecule has 1 heterocycles. The van der Waals surface area contributed by atoms with E-state index in [-0.39, 0.29) is 11.7 Å². The molecule has 2 rings (SSSR count). The van der Waals surface area contributed by atoms with Crippen molar-refractivity contribution < 1.29 is 14.6 Å². The highest BCUT2D eigenvalue weighted by Gasteiger charge is 2.45. The van der Waals surface area contributed by atoms with E-state index in [0.717, 1.165) is 13.0 Å². The number of hydrogen-bond donors (Lipinski definition) is 2. The maximum Gasteiger partial charge on any atom is 0.330 e. The number of carbonyl (C=O) groups is 1. The van der Waals surface area contributed by atoms with Crippen LogP contribution in [-0.2, 0) is 15.1 Å². The van der Waals surface area contributed by atoms with Crippen LogP contribution in [0.5, 0.6) is 5.75 Å². The molecule has 0 radical (unpaired) electrons. The molecule has 86 valence electrons. The molecule has 4 heteroatoms. The Morgan fingerprint density at radius 3 is 2.81 bits per heavy atom. The average Bonchev–Trinajstić information content (AvgIpc) is 2.79. The van der Waals surface area contributed by atoms with Crippen LogP contribution in [0.25, 0.3) is 0 Å². The van der Waals surface area contributed by atoms with Gasteiger partial charge in [0.15, 0.2) is 0 Å². The molecule has 0 amide bonds. The number of hydrogen-bond acceptors (Lipinski definition) is 4. The number of ether oxygens (including phenoxy) is 1. The van der Waals surface area contributed by atoms with E-state index in [0.29, 0.717) is 12.0 Å². The fraction of sp³-hybridized carbons (Fsp3) is 0.417. The first-order valence-corrected chi connectivity index (χ1v) is 5.32. The van der Waals surface area contributed by atoms with Gasteiger partial charge in [0.2, 0.25) is 0 Å². The van der Waals surface area contributed by atoms with Gasteiger partial charge in [0.1, 0.15) is 11.3 Å². The lowest BCUT2D eigenvalue weighted by Crippen LogP contribution is -2.45. The fourth-order valence-corrected chi connectivity index (χ4v) is 2.27. The second-order valence-corrected chi connectivity index (χ2v) is 3.94. The van der Waals surface area contributed by atoms with Gasteiger partial charge in [-0.1, -0.05) is 18.2 Å². The van der Waals surface area contributed by atoms with Crippen LogP contribution >= 0.6 is 0 Å². The molecule has 1 saturated heterocycles. The average molecular weight is 221 g/mol. The quantitative estimate of drug-likeness (QED) is 0.735. The minimum Gasteiger partial charge on any atom is -0.508 e. The number of benzene rings is 1. The van der Waals surface area contributed by atoms with Crippen molar-refractivity contribution in [3.8, 4) is 5.75 Å². The Bertz CT molecular complexity index is 397. The second kappa shape index (κ2) is 4.14. The van der Waals surface area contributed by atoms with Crippen LogP contribution in [0.4, 0.5) is 0 Å². The highest BCUT2D eigenvalue weighted by atomic mass is 16.5. The number of para-hydroxylation sites is 1. The molecule has 0 bridgehead atoms. The van der Waals surface area contributed by atoms with E-state index in [9.17, 15) is 9.90 Å². The highest BCUT2D eigenvalue weighted by molar-refractivity contribution is 5.84. The molecular formula is C12H15NO3. The number of phenols is 1. The Balaban J connectivity index is 2.48. The summed E-state index contributed by atoms with van der Waals surface area (Å²) < 4.78 is 4.83. The molecule has 0 spiro atoms. The lowest BCUT2D eigenvalue weighted by molar-refractivity contribution is -0.148. The van der Waals surface area contributed by atoms with E-state index in [4.69, 9.17) is 4.74 Å². The van der Waals surface area contributed by atoms with Crippen LogP contribution < -0.4 is 5.32 Å². The first-order valence-electron chi connectivity index (χ1n) is 5.32. The first kappa shape index (κ1) is 11.0. The third kappa shape index (κ3) is 1.55. The Morgan fingerprint density at radius 1 is 1.50 bits per heavy atom. The van der Waals surface area contributed by atoms with Gasteiger partial charge < -0.3 is 9.84 Å². The second-order valence-electron chi connectivity index (χ2n) is 3.94. The summed E-state index contributed by atoms with van der Waals surface area (Å²) in [6, 6.07) is 6.88. The molecule has 16 heavy (non-hydrogen) atoms. The predicted molar refractivity (Wildman–Crippen MR) is 59.0 cm³/mol.